The number of nitrogens with zero attached hydrogens (tertiary/aromatic N) is 5. The van der Waals surface area contributed by atoms with Gasteiger partial charge in [0.25, 0.3) is 5.91 Å². The Morgan fingerprint density at radius 2 is 2.15 bits per heavy atom. The first-order chi connectivity index (χ1) is 16.6. The molecule has 0 atom stereocenters. The van der Waals surface area contributed by atoms with E-state index in [1.807, 2.05) is 18.2 Å². The lowest BCUT2D eigenvalue weighted by molar-refractivity contribution is 0.0778. The summed E-state index contributed by atoms with van der Waals surface area (Å²) in [5, 5.41) is 26.4. The van der Waals surface area contributed by atoms with Crippen LogP contribution >= 0.6 is 0 Å². The van der Waals surface area contributed by atoms with Crippen molar-refractivity contribution < 1.29 is 14.6 Å². The summed E-state index contributed by atoms with van der Waals surface area (Å²) in [7, 11) is 1.69. The number of H-pyrrole nitrogens is 1. The van der Waals surface area contributed by atoms with Crippen molar-refractivity contribution in [3.63, 3.8) is 0 Å². The minimum Gasteiger partial charge on any atom is -0.474 e. The molecule has 1 aliphatic rings. The third-order valence-electron chi connectivity index (χ3n) is 5.74. The van der Waals surface area contributed by atoms with Crippen LogP contribution in [-0.2, 0) is 13.2 Å². The molecule has 0 aliphatic heterocycles. The zero-order valence-electron chi connectivity index (χ0n) is 18.5. The lowest BCUT2D eigenvalue weighted by atomic mass is 10.0. The molecular weight excluding hydrogens is 432 g/mol. The fraction of sp³-hybridized carbons (Fsp3) is 0.240. The number of carbonyl (C=O) groups is 1. The van der Waals surface area contributed by atoms with Crippen molar-refractivity contribution in [1.29, 1.82) is 5.26 Å². The van der Waals surface area contributed by atoms with Crippen LogP contribution in [0.2, 0.25) is 0 Å². The number of aromatic nitrogens is 4. The van der Waals surface area contributed by atoms with Crippen molar-refractivity contribution in [3.8, 4) is 23.1 Å². The summed E-state index contributed by atoms with van der Waals surface area (Å²) in [6.07, 6.45) is 5.25. The number of benzene rings is 1. The zero-order valence-corrected chi connectivity index (χ0v) is 18.5. The van der Waals surface area contributed by atoms with Gasteiger partial charge in [-0.15, -0.1) is 0 Å². The van der Waals surface area contributed by atoms with E-state index in [9.17, 15) is 15.2 Å². The van der Waals surface area contributed by atoms with E-state index in [0.717, 1.165) is 40.4 Å². The molecule has 9 heteroatoms. The molecule has 0 radical (unpaired) electrons. The Labute approximate surface area is 195 Å². The number of aliphatic hydroxyl groups is 1. The highest BCUT2D eigenvalue weighted by atomic mass is 16.5. The van der Waals surface area contributed by atoms with E-state index in [1.54, 1.807) is 42.5 Å². The molecule has 170 valence electrons. The number of rotatable bonds is 7. The van der Waals surface area contributed by atoms with Crippen molar-refractivity contribution in [1.82, 2.24) is 25.1 Å². The summed E-state index contributed by atoms with van der Waals surface area (Å²) in [4.78, 5) is 23.6. The number of ether oxygens (including phenoxy) is 1. The maximum absolute atomic E-state index is 13.2. The van der Waals surface area contributed by atoms with Gasteiger partial charge in [-0.2, -0.15) is 10.4 Å². The number of fused-ring (bicyclic) bond motifs is 1. The Morgan fingerprint density at radius 1 is 1.29 bits per heavy atom. The molecule has 1 amide bonds. The lowest BCUT2D eigenvalue weighted by Crippen LogP contribution is -2.27. The van der Waals surface area contributed by atoms with Crippen LogP contribution in [0.3, 0.4) is 0 Å². The van der Waals surface area contributed by atoms with Crippen LogP contribution in [0.4, 0.5) is 0 Å². The molecule has 34 heavy (non-hydrogen) atoms. The first-order valence-corrected chi connectivity index (χ1v) is 10.9. The minimum atomic E-state index is -0.267. The van der Waals surface area contributed by atoms with E-state index in [0.29, 0.717) is 17.1 Å². The van der Waals surface area contributed by atoms with Crippen molar-refractivity contribution >= 4 is 16.8 Å². The molecule has 3 heterocycles. The van der Waals surface area contributed by atoms with Crippen LogP contribution in [0.25, 0.3) is 22.0 Å². The molecule has 1 aliphatic carbocycles. The number of hydrogen-bond donors (Lipinski definition) is 2. The Bertz CT molecular complexity index is 1420. The Kier molecular flexibility index (Phi) is 5.65. The second-order valence-corrected chi connectivity index (χ2v) is 8.27. The highest BCUT2D eigenvalue weighted by Gasteiger charge is 2.27. The number of hydrogen-bond acceptors (Lipinski definition) is 7. The van der Waals surface area contributed by atoms with Gasteiger partial charge in [0.2, 0.25) is 5.88 Å². The molecule has 0 unspecified atom stereocenters. The summed E-state index contributed by atoms with van der Waals surface area (Å²) < 4.78 is 6.03. The number of pyridine rings is 2. The van der Waals surface area contributed by atoms with Gasteiger partial charge in [-0.25, -0.2) is 4.98 Å². The van der Waals surface area contributed by atoms with Crippen molar-refractivity contribution in [3.05, 3.63) is 71.3 Å². The molecule has 2 N–H and O–H groups in total. The molecule has 0 bridgehead atoms. The molecule has 1 aromatic carbocycles. The molecule has 5 rings (SSSR count). The molecule has 1 saturated carbocycles. The summed E-state index contributed by atoms with van der Waals surface area (Å²) in [6, 6.07) is 12.9. The molecule has 4 aromatic rings. The normalized spacial score (nSPS) is 13.0. The second-order valence-electron chi connectivity index (χ2n) is 8.27. The van der Waals surface area contributed by atoms with Gasteiger partial charge in [-0.1, -0.05) is 12.1 Å². The third-order valence-corrected chi connectivity index (χ3v) is 5.74. The maximum Gasteiger partial charge on any atom is 0.272 e. The summed E-state index contributed by atoms with van der Waals surface area (Å²) >= 11 is 0. The average molecular weight is 454 g/mol. The SMILES string of the molecule is CN(Cc1cnc(CO)c2cn[nH]c12)C(=O)c1ccc(-c2cccc(C#N)c2)c(OC2CC2)n1. The van der Waals surface area contributed by atoms with Gasteiger partial charge >= 0.3 is 0 Å². The van der Waals surface area contributed by atoms with Crippen molar-refractivity contribution in [2.75, 3.05) is 7.05 Å². The predicted molar refractivity (Wildman–Crippen MR) is 124 cm³/mol. The highest BCUT2D eigenvalue weighted by molar-refractivity contribution is 5.93. The van der Waals surface area contributed by atoms with Gasteiger partial charge in [-0.3, -0.25) is 14.9 Å². The number of nitriles is 1. The summed E-state index contributed by atoms with van der Waals surface area (Å²) in [5.74, 6) is 0.124. The standard InChI is InChI=1S/C25H22N6O3/c1-31(13-17-11-27-22(14-32)20-12-28-30-23(17)20)25(33)21-8-7-19(24(29-21)34-18-5-6-18)16-4-2-3-15(9-16)10-26/h2-4,7-9,11-12,18,32H,5-6,13-14H2,1H3,(H,28,30). The molecule has 1 fully saturated rings. The maximum atomic E-state index is 13.2. The first kappa shape index (κ1) is 21.6. The molecule has 0 spiro atoms. The Hall–Kier alpha value is -4.29. The van der Waals surface area contributed by atoms with E-state index < -0.39 is 0 Å². The van der Waals surface area contributed by atoms with Gasteiger partial charge in [0.05, 0.1) is 35.6 Å². The Morgan fingerprint density at radius 3 is 2.91 bits per heavy atom. The van der Waals surface area contributed by atoms with Crippen LogP contribution in [-0.4, -0.2) is 49.2 Å². The van der Waals surface area contributed by atoms with Gasteiger partial charge in [0.1, 0.15) is 11.8 Å². The van der Waals surface area contributed by atoms with Gasteiger partial charge in [0, 0.05) is 36.3 Å². The molecule has 3 aromatic heterocycles. The number of aliphatic hydroxyl groups excluding tert-OH is 1. The fourth-order valence-electron chi connectivity index (χ4n) is 3.78. The van der Waals surface area contributed by atoms with Crippen LogP contribution in [0.5, 0.6) is 5.88 Å². The number of carbonyl (C=O) groups excluding carboxylic acids is 1. The highest BCUT2D eigenvalue weighted by Crippen LogP contribution is 2.34. The van der Waals surface area contributed by atoms with E-state index in [2.05, 4.69) is 26.2 Å². The zero-order chi connectivity index (χ0) is 23.7. The average Bonchev–Trinajstić information content (AvgIpc) is 3.54. The van der Waals surface area contributed by atoms with Crippen LogP contribution in [0.1, 0.15) is 40.2 Å². The van der Waals surface area contributed by atoms with Crippen molar-refractivity contribution in [2.45, 2.75) is 32.1 Å². The number of aromatic amines is 1. The lowest BCUT2D eigenvalue weighted by Gasteiger charge is -2.18. The van der Waals surface area contributed by atoms with Gasteiger partial charge in [0.15, 0.2) is 0 Å². The monoisotopic (exact) mass is 454 g/mol. The topological polar surface area (TPSA) is 128 Å². The first-order valence-electron chi connectivity index (χ1n) is 10.9. The molecular formula is C25H22N6O3. The van der Waals surface area contributed by atoms with E-state index in [4.69, 9.17) is 4.74 Å². The van der Waals surface area contributed by atoms with E-state index >= 15 is 0 Å². The van der Waals surface area contributed by atoms with Gasteiger partial charge < -0.3 is 14.7 Å². The molecule has 9 nitrogen and oxygen atoms in total. The van der Waals surface area contributed by atoms with Gasteiger partial charge in [-0.05, 0) is 42.7 Å². The quantitative estimate of drug-likeness (QED) is 0.439. The summed E-state index contributed by atoms with van der Waals surface area (Å²) in [6.45, 7) is 0.0884. The van der Waals surface area contributed by atoms with Crippen LogP contribution < -0.4 is 4.74 Å². The van der Waals surface area contributed by atoms with E-state index in [1.165, 1.54) is 0 Å². The fourth-order valence-corrected chi connectivity index (χ4v) is 3.78. The predicted octanol–water partition coefficient (Wildman–Crippen LogP) is 3.20. The third kappa shape index (κ3) is 4.19. The smallest absolute Gasteiger partial charge is 0.272 e. The summed E-state index contributed by atoms with van der Waals surface area (Å²) in [5.41, 5.74) is 4.40. The van der Waals surface area contributed by atoms with E-state index in [-0.39, 0.29) is 30.9 Å². The minimum absolute atomic E-state index is 0.0956. The van der Waals surface area contributed by atoms with Crippen LogP contribution in [0, 0.1) is 11.3 Å². The second kappa shape index (κ2) is 8.92. The van der Waals surface area contributed by atoms with Crippen molar-refractivity contribution in [2.24, 2.45) is 0 Å². The molecule has 0 saturated heterocycles. The number of nitrogens with one attached hydrogen (secondary N) is 1. The largest absolute Gasteiger partial charge is 0.474 e. The number of amides is 1. The van der Waals surface area contributed by atoms with Crippen LogP contribution in [0.15, 0.2) is 48.8 Å². The Balaban J connectivity index is 1.43.